The van der Waals surface area contributed by atoms with E-state index in [0.29, 0.717) is 18.7 Å². The Bertz CT molecular complexity index is 1000. The molecule has 2 saturated heterocycles. The number of fused-ring (bicyclic) bond motifs is 3. The lowest BCUT2D eigenvalue weighted by Crippen LogP contribution is -2.68. The van der Waals surface area contributed by atoms with Crippen LogP contribution in [0.25, 0.3) is 11.1 Å². The van der Waals surface area contributed by atoms with Crippen LogP contribution in [0, 0.1) is 0 Å². The predicted molar refractivity (Wildman–Crippen MR) is 110 cm³/mol. The Labute approximate surface area is 168 Å². The second-order valence-electron chi connectivity index (χ2n) is 7.90. The van der Waals surface area contributed by atoms with Gasteiger partial charge in [-0.25, -0.2) is 4.98 Å². The lowest BCUT2D eigenvalue weighted by atomic mass is 9.89. The zero-order chi connectivity index (χ0) is 19.2. The van der Waals surface area contributed by atoms with Crippen molar-refractivity contribution in [3.8, 4) is 11.1 Å². The Morgan fingerprint density at radius 2 is 1.93 bits per heavy atom. The van der Waals surface area contributed by atoms with E-state index < -0.39 is 0 Å². The van der Waals surface area contributed by atoms with Crippen LogP contribution in [-0.2, 0) is 17.8 Å². The van der Waals surface area contributed by atoms with Gasteiger partial charge in [-0.05, 0) is 24.1 Å². The maximum absolute atomic E-state index is 5.70. The summed E-state index contributed by atoms with van der Waals surface area (Å²) in [5.74, 6) is 1.71. The minimum absolute atomic E-state index is 0.508. The summed E-state index contributed by atoms with van der Waals surface area (Å²) in [5, 5.41) is 13.9. The number of hydrogen-bond acceptors (Lipinski definition) is 7. The van der Waals surface area contributed by atoms with Crippen LogP contribution in [0.4, 0.5) is 17.5 Å². The summed E-state index contributed by atoms with van der Waals surface area (Å²) in [7, 11) is 0. The second kappa shape index (κ2) is 6.82. The number of piperazine rings is 1. The molecule has 2 unspecified atom stereocenters. The van der Waals surface area contributed by atoms with Gasteiger partial charge in [0.05, 0.1) is 25.1 Å². The van der Waals surface area contributed by atoms with Crippen LogP contribution >= 0.6 is 0 Å². The SMILES string of the molecule is c1cc(-c2cn[nH]c2)ccc1Nc1nc(N2C3CNCC2C3)nc2c1COCC2. The number of ether oxygens (including phenoxy) is 1. The zero-order valence-corrected chi connectivity index (χ0v) is 16.1. The number of H-pyrrole nitrogens is 1. The van der Waals surface area contributed by atoms with Gasteiger partial charge in [-0.2, -0.15) is 10.1 Å². The van der Waals surface area contributed by atoms with Crippen molar-refractivity contribution in [1.82, 2.24) is 25.5 Å². The summed E-state index contributed by atoms with van der Waals surface area (Å²) in [6.45, 7) is 3.30. The van der Waals surface area contributed by atoms with E-state index in [4.69, 9.17) is 14.7 Å². The lowest BCUT2D eigenvalue weighted by Gasteiger charge is -2.53. The van der Waals surface area contributed by atoms with E-state index in [1.165, 1.54) is 6.42 Å². The maximum Gasteiger partial charge on any atom is 0.228 e. The van der Waals surface area contributed by atoms with Crippen molar-refractivity contribution in [2.75, 3.05) is 29.9 Å². The number of benzene rings is 1. The standard InChI is InChI=1S/C21H23N7O/c1-3-15(4-2-13(1)14-8-23-24-9-14)25-20-18-12-29-6-5-19(18)26-21(27-20)28-16-7-17(28)11-22-10-16/h1-4,8-9,16-17,22H,5-7,10-12H2,(H,23,24)(H,25,26,27). The van der Waals surface area contributed by atoms with Gasteiger partial charge in [-0.3, -0.25) is 5.10 Å². The fourth-order valence-electron chi connectivity index (χ4n) is 4.54. The number of rotatable bonds is 4. The molecular formula is C21H23N7O. The highest BCUT2D eigenvalue weighted by Crippen LogP contribution is 2.35. The summed E-state index contributed by atoms with van der Waals surface area (Å²) in [5.41, 5.74) is 5.38. The average Bonchev–Trinajstić information content (AvgIpc) is 3.30. The fraction of sp³-hybridized carbons (Fsp3) is 0.381. The molecule has 29 heavy (non-hydrogen) atoms. The molecule has 8 nitrogen and oxygen atoms in total. The number of aromatic amines is 1. The quantitative estimate of drug-likeness (QED) is 0.630. The van der Waals surface area contributed by atoms with Crippen molar-refractivity contribution in [2.24, 2.45) is 0 Å². The Morgan fingerprint density at radius 3 is 2.69 bits per heavy atom. The molecular weight excluding hydrogens is 366 g/mol. The lowest BCUT2D eigenvalue weighted by molar-refractivity contribution is 0.109. The van der Waals surface area contributed by atoms with Gasteiger partial charge >= 0.3 is 0 Å². The Hall–Kier alpha value is -2.97. The second-order valence-corrected chi connectivity index (χ2v) is 7.90. The summed E-state index contributed by atoms with van der Waals surface area (Å²) in [6.07, 6.45) is 5.78. The van der Waals surface area contributed by atoms with Crippen molar-refractivity contribution in [1.29, 1.82) is 0 Å². The minimum Gasteiger partial charge on any atom is -0.376 e. The number of hydrogen-bond donors (Lipinski definition) is 3. The van der Waals surface area contributed by atoms with E-state index in [1.54, 1.807) is 0 Å². The van der Waals surface area contributed by atoms with Crippen molar-refractivity contribution in [3.63, 3.8) is 0 Å². The van der Waals surface area contributed by atoms with Crippen molar-refractivity contribution >= 4 is 17.5 Å². The van der Waals surface area contributed by atoms with E-state index in [9.17, 15) is 0 Å². The highest BCUT2D eigenvalue weighted by atomic mass is 16.5. The van der Waals surface area contributed by atoms with Gasteiger partial charge in [-0.1, -0.05) is 12.1 Å². The third kappa shape index (κ3) is 2.95. The van der Waals surface area contributed by atoms with E-state index in [2.05, 4.69) is 50.0 Å². The fourth-order valence-corrected chi connectivity index (χ4v) is 4.54. The van der Waals surface area contributed by atoms with Crippen LogP contribution in [0.15, 0.2) is 36.7 Å². The van der Waals surface area contributed by atoms with Crippen molar-refractivity contribution < 1.29 is 4.74 Å². The van der Waals surface area contributed by atoms with Gasteiger partial charge in [0.1, 0.15) is 5.82 Å². The molecule has 3 aliphatic heterocycles. The van der Waals surface area contributed by atoms with E-state index in [1.807, 2.05) is 12.4 Å². The number of nitrogens with zero attached hydrogens (tertiary/aromatic N) is 4. The Balaban J connectivity index is 1.32. The molecule has 0 radical (unpaired) electrons. The van der Waals surface area contributed by atoms with Gasteiger partial charge < -0.3 is 20.3 Å². The van der Waals surface area contributed by atoms with E-state index in [-0.39, 0.29) is 0 Å². The molecule has 3 N–H and O–H groups in total. The molecule has 2 aromatic heterocycles. The van der Waals surface area contributed by atoms with Crippen LogP contribution in [0.2, 0.25) is 0 Å². The minimum atomic E-state index is 0.508. The molecule has 2 bridgehead atoms. The zero-order valence-electron chi connectivity index (χ0n) is 16.1. The highest BCUT2D eigenvalue weighted by Gasteiger charge is 2.43. The van der Waals surface area contributed by atoms with Gasteiger partial charge in [0.15, 0.2) is 0 Å². The topological polar surface area (TPSA) is 91.0 Å². The first-order chi connectivity index (χ1) is 14.3. The van der Waals surface area contributed by atoms with Crippen molar-refractivity contribution in [3.05, 3.63) is 47.9 Å². The molecule has 148 valence electrons. The van der Waals surface area contributed by atoms with E-state index in [0.717, 1.165) is 66.0 Å². The smallest absolute Gasteiger partial charge is 0.228 e. The third-order valence-electron chi connectivity index (χ3n) is 6.11. The number of piperidine rings is 1. The van der Waals surface area contributed by atoms with Gasteiger partial charge in [0.25, 0.3) is 0 Å². The maximum atomic E-state index is 5.70. The largest absolute Gasteiger partial charge is 0.376 e. The summed E-state index contributed by atoms with van der Waals surface area (Å²) < 4.78 is 5.70. The highest BCUT2D eigenvalue weighted by molar-refractivity contribution is 5.68. The van der Waals surface area contributed by atoms with Crippen LogP contribution in [-0.4, -0.2) is 51.9 Å². The molecule has 6 rings (SSSR count). The Morgan fingerprint density at radius 1 is 1.07 bits per heavy atom. The molecule has 2 fully saturated rings. The first-order valence-corrected chi connectivity index (χ1v) is 10.2. The van der Waals surface area contributed by atoms with Crippen LogP contribution < -0.4 is 15.5 Å². The number of anilines is 3. The Kier molecular flexibility index (Phi) is 3.98. The predicted octanol–water partition coefficient (Wildman–Crippen LogP) is 2.23. The molecule has 3 aliphatic rings. The molecule has 3 aromatic rings. The molecule has 0 saturated carbocycles. The van der Waals surface area contributed by atoms with Gasteiger partial charge in [-0.15, -0.1) is 0 Å². The monoisotopic (exact) mass is 389 g/mol. The molecule has 0 spiro atoms. The molecule has 2 atom stereocenters. The van der Waals surface area contributed by atoms with Crippen LogP contribution in [0.5, 0.6) is 0 Å². The first kappa shape index (κ1) is 16.9. The van der Waals surface area contributed by atoms with E-state index >= 15 is 0 Å². The molecule has 8 heteroatoms. The molecule has 1 aromatic carbocycles. The average molecular weight is 389 g/mol. The normalized spacial score (nSPS) is 22.7. The number of nitrogens with one attached hydrogen (secondary N) is 3. The van der Waals surface area contributed by atoms with Crippen LogP contribution in [0.1, 0.15) is 17.7 Å². The third-order valence-corrected chi connectivity index (χ3v) is 6.11. The van der Waals surface area contributed by atoms with Gasteiger partial charge in [0, 0.05) is 54.6 Å². The van der Waals surface area contributed by atoms with Crippen molar-refractivity contribution in [2.45, 2.75) is 31.5 Å². The summed E-state index contributed by atoms with van der Waals surface area (Å²) in [6, 6.07) is 9.33. The number of aromatic nitrogens is 4. The molecule has 0 aliphatic carbocycles. The molecule has 5 heterocycles. The van der Waals surface area contributed by atoms with Gasteiger partial charge in [0.2, 0.25) is 5.95 Å². The first-order valence-electron chi connectivity index (χ1n) is 10.2. The summed E-state index contributed by atoms with van der Waals surface area (Å²) >= 11 is 0. The molecule has 0 amide bonds. The summed E-state index contributed by atoms with van der Waals surface area (Å²) in [4.78, 5) is 12.3. The van der Waals surface area contributed by atoms with Crippen LogP contribution in [0.3, 0.4) is 0 Å².